The lowest BCUT2D eigenvalue weighted by Gasteiger charge is -2.10. The zero-order valence-electron chi connectivity index (χ0n) is 5.95. The monoisotopic (exact) mass is 190 g/mol. The molecule has 0 radical (unpaired) electrons. The Morgan fingerprint density at radius 2 is 2.64 bits per heavy atom. The van der Waals surface area contributed by atoms with Crippen LogP contribution in [0.5, 0.6) is 0 Å². The largest absolute Gasteiger partial charge is 0.290 e. The first-order chi connectivity index (χ1) is 5.25. The van der Waals surface area contributed by atoms with E-state index in [1.807, 2.05) is 5.38 Å². The summed E-state index contributed by atoms with van der Waals surface area (Å²) >= 11 is 6.76. The molecule has 1 heterocycles. The van der Waals surface area contributed by atoms with Crippen molar-refractivity contribution in [2.75, 3.05) is 17.8 Å². The fourth-order valence-electron chi connectivity index (χ4n) is 0.578. The van der Waals surface area contributed by atoms with Crippen LogP contribution in [0.15, 0.2) is 11.6 Å². The summed E-state index contributed by atoms with van der Waals surface area (Å²) in [6.45, 7) is 0. The van der Waals surface area contributed by atoms with Gasteiger partial charge in [-0.1, -0.05) is 0 Å². The van der Waals surface area contributed by atoms with Gasteiger partial charge in [0, 0.05) is 18.6 Å². The minimum atomic E-state index is -0.137. The van der Waals surface area contributed by atoms with Crippen molar-refractivity contribution in [3.63, 3.8) is 0 Å². The van der Waals surface area contributed by atoms with Gasteiger partial charge in [-0.15, -0.1) is 22.9 Å². The predicted octanol–water partition coefficient (Wildman–Crippen LogP) is 1.34. The number of carbonyl (C=O) groups is 1. The van der Waals surface area contributed by atoms with Crippen molar-refractivity contribution >= 4 is 34.0 Å². The Hall–Kier alpha value is -0.610. The number of halogens is 1. The van der Waals surface area contributed by atoms with Gasteiger partial charge in [0.2, 0.25) is 5.91 Å². The van der Waals surface area contributed by atoms with Crippen LogP contribution in [0.1, 0.15) is 0 Å². The van der Waals surface area contributed by atoms with Crippen LogP contribution in [0.2, 0.25) is 0 Å². The Labute approximate surface area is 73.6 Å². The van der Waals surface area contributed by atoms with E-state index in [0.717, 1.165) is 0 Å². The molecule has 0 saturated carbocycles. The number of thiazole rings is 1. The van der Waals surface area contributed by atoms with Gasteiger partial charge in [-0.25, -0.2) is 4.98 Å². The van der Waals surface area contributed by atoms with Gasteiger partial charge in [-0.2, -0.15) is 0 Å². The molecule has 1 aromatic rings. The van der Waals surface area contributed by atoms with Crippen molar-refractivity contribution in [3.8, 4) is 0 Å². The lowest BCUT2D eigenvalue weighted by atomic mass is 10.6. The van der Waals surface area contributed by atoms with Crippen LogP contribution in [0, 0.1) is 0 Å². The molecule has 1 aromatic heterocycles. The molecule has 0 aliphatic heterocycles. The van der Waals surface area contributed by atoms with Crippen LogP contribution in [0.3, 0.4) is 0 Å². The molecule has 1 rings (SSSR count). The Morgan fingerprint density at radius 3 is 3.09 bits per heavy atom. The smallest absolute Gasteiger partial charge is 0.243 e. The van der Waals surface area contributed by atoms with E-state index in [0.29, 0.717) is 5.13 Å². The van der Waals surface area contributed by atoms with Crippen LogP contribution in [0.25, 0.3) is 0 Å². The van der Waals surface area contributed by atoms with Gasteiger partial charge in [0.25, 0.3) is 0 Å². The third-order valence-electron chi connectivity index (χ3n) is 1.19. The molecule has 0 spiro atoms. The summed E-state index contributed by atoms with van der Waals surface area (Å²) in [6, 6.07) is 0. The fourth-order valence-corrected chi connectivity index (χ4v) is 1.38. The highest BCUT2D eigenvalue weighted by molar-refractivity contribution is 7.13. The maximum atomic E-state index is 11.0. The third kappa shape index (κ3) is 1.91. The topological polar surface area (TPSA) is 33.2 Å². The first-order valence-corrected chi connectivity index (χ1v) is 4.39. The summed E-state index contributed by atoms with van der Waals surface area (Å²) < 4.78 is 0. The van der Waals surface area contributed by atoms with E-state index in [-0.39, 0.29) is 11.8 Å². The Bertz CT molecular complexity index is 237. The summed E-state index contributed by atoms with van der Waals surface area (Å²) in [5, 5.41) is 2.49. The zero-order chi connectivity index (χ0) is 8.27. The molecule has 1 amide bonds. The van der Waals surface area contributed by atoms with E-state index in [1.165, 1.54) is 16.2 Å². The summed E-state index contributed by atoms with van der Waals surface area (Å²) in [5.74, 6) is -0.141. The van der Waals surface area contributed by atoms with Crippen LogP contribution < -0.4 is 4.90 Å². The maximum Gasteiger partial charge on any atom is 0.243 e. The van der Waals surface area contributed by atoms with Gasteiger partial charge in [-0.05, 0) is 0 Å². The Kier molecular flexibility index (Phi) is 2.84. The maximum absolute atomic E-state index is 11.0. The van der Waals surface area contributed by atoms with Gasteiger partial charge in [0.1, 0.15) is 5.88 Å². The second-order valence-electron chi connectivity index (χ2n) is 1.90. The minimum Gasteiger partial charge on any atom is -0.290 e. The Balaban J connectivity index is 2.70. The highest BCUT2D eigenvalue weighted by atomic mass is 35.5. The van der Waals surface area contributed by atoms with Crippen molar-refractivity contribution in [1.29, 1.82) is 0 Å². The molecule has 3 nitrogen and oxygen atoms in total. The average molecular weight is 191 g/mol. The number of hydrogen-bond donors (Lipinski definition) is 0. The molecule has 0 aliphatic carbocycles. The van der Waals surface area contributed by atoms with E-state index < -0.39 is 0 Å². The standard InChI is InChI=1S/C6H7ClN2OS/c1-9(5(10)4-7)6-8-2-3-11-6/h2-3H,4H2,1H3. The molecule has 0 fully saturated rings. The van der Waals surface area contributed by atoms with Crippen molar-refractivity contribution in [2.24, 2.45) is 0 Å². The number of alkyl halides is 1. The lowest BCUT2D eigenvalue weighted by molar-refractivity contribution is -0.116. The van der Waals surface area contributed by atoms with Crippen LogP contribution in [0.4, 0.5) is 5.13 Å². The zero-order valence-corrected chi connectivity index (χ0v) is 7.52. The summed E-state index contributed by atoms with van der Waals surface area (Å²) in [7, 11) is 1.66. The van der Waals surface area contributed by atoms with E-state index in [2.05, 4.69) is 4.98 Å². The van der Waals surface area contributed by atoms with Crippen LogP contribution in [-0.4, -0.2) is 23.8 Å². The first-order valence-electron chi connectivity index (χ1n) is 2.97. The molecule has 5 heteroatoms. The molecule has 11 heavy (non-hydrogen) atoms. The first kappa shape index (κ1) is 8.49. The molecule has 0 unspecified atom stereocenters. The summed E-state index contributed by atoms with van der Waals surface area (Å²) in [5.41, 5.74) is 0. The second-order valence-corrected chi connectivity index (χ2v) is 3.04. The Morgan fingerprint density at radius 1 is 1.91 bits per heavy atom. The quantitative estimate of drug-likeness (QED) is 0.660. The lowest BCUT2D eigenvalue weighted by Crippen LogP contribution is -2.26. The molecular weight excluding hydrogens is 184 g/mol. The van der Waals surface area contributed by atoms with Gasteiger partial charge < -0.3 is 0 Å². The van der Waals surface area contributed by atoms with Crippen LogP contribution >= 0.6 is 22.9 Å². The normalized spacial score (nSPS) is 9.64. The van der Waals surface area contributed by atoms with Gasteiger partial charge in [0.15, 0.2) is 5.13 Å². The molecule has 0 atom stereocenters. The fraction of sp³-hybridized carbons (Fsp3) is 0.333. The molecule has 0 aliphatic rings. The second kappa shape index (κ2) is 3.69. The average Bonchev–Trinajstić information content (AvgIpc) is 2.53. The third-order valence-corrected chi connectivity index (χ3v) is 2.27. The number of nitrogens with zero attached hydrogens (tertiary/aromatic N) is 2. The number of aromatic nitrogens is 1. The van der Waals surface area contributed by atoms with Crippen molar-refractivity contribution < 1.29 is 4.79 Å². The minimum absolute atomic E-state index is 0.00389. The number of rotatable bonds is 2. The number of carbonyl (C=O) groups excluding carboxylic acids is 1. The number of amides is 1. The summed E-state index contributed by atoms with van der Waals surface area (Å²) in [6.07, 6.45) is 1.65. The SMILES string of the molecule is CN(C(=O)CCl)c1nccs1. The van der Waals surface area contributed by atoms with E-state index in [4.69, 9.17) is 11.6 Å². The predicted molar refractivity (Wildman–Crippen MR) is 46.2 cm³/mol. The molecule has 0 N–H and O–H groups in total. The van der Waals surface area contributed by atoms with E-state index >= 15 is 0 Å². The number of hydrogen-bond acceptors (Lipinski definition) is 3. The molecule has 0 bridgehead atoms. The molecule has 60 valence electrons. The van der Waals surface area contributed by atoms with E-state index in [9.17, 15) is 4.79 Å². The highest BCUT2D eigenvalue weighted by Gasteiger charge is 2.10. The van der Waals surface area contributed by atoms with Crippen molar-refractivity contribution in [3.05, 3.63) is 11.6 Å². The van der Waals surface area contributed by atoms with E-state index in [1.54, 1.807) is 13.2 Å². The van der Waals surface area contributed by atoms with Crippen molar-refractivity contribution in [2.45, 2.75) is 0 Å². The van der Waals surface area contributed by atoms with Gasteiger partial charge in [-0.3, -0.25) is 9.69 Å². The highest BCUT2D eigenvalue weighted by Crippen LogP contribution is 2.15. The number of anilines is 1. The van der Waals surface area contributed by atoms with Crippen LogP contribution in [-0.2, 0) is 4.79 Å². The van der Waals surface area contributed by atoms with Crippen molar-refractivity contribution in [1.82, 2.24) is 4.98 Å². The molecule has 0 aromatic carbocycles. The molecular formula is C6H7ClN2OS. The van der Waals surface area contributed by atoms with Gasteiger partial charge in [0.05, 0.1) is 0 Å². The van der Waals surface area contributed by atoms with Gasteiger partial charge >= 0.3 is 0 Å². The molecule has 0 saturated heterocycles. The summed E-state index contributed by atoms with van der Waals surface area (Å²) in [4.78, 5) is 16.4.